The minimum absolute atomic E-state index is 0.0182. The molecule has 0 unspecified atom stereocenters. The molecule has 8 heteroatoms. The summed E-state index contributed by atoms with van der Waals surface area (Å²) >= 11 is 0. The minimum Gasteiger partial charge on any atom is -0.445 e. The quantitative estimate of drug-likeness (QED) is 0.328. The lowest BCUT2D eigenvalue weighted by atomic mass is 10.0. The monoisotopic (exact) mass is 438 g/mol. The third-order valence-corrected chi connectivity index (χ3v) is 5.38. The standard InChI is InChI=1S/C25H18N4O4/c1-16(30)28-25(33-24(27-28)19-12-6-8-14-23(19)29(31)32)20-15-22(17-9-3-2-4-10-17)26-21-13-7-5-11-18(20)21/h2-15,25H,1H3/t25-/m1/s1. The number of nitrogens with zero attached hydrogens (tertiary/aromatic N) is 4. The van der Waals surface area contributed by atoms with Gasteiger partial charge in [0.05, 0.1) is 16.1 Å². The van der Waals surface area contributed by atoms with Crippen molar-refractivity contribution in [1.82, 2.24) is 9.99 Å². The van der Waals surface area contributed by atoms with Gasteiger partial charge in [0.2, 0.25) is 18.0 Å². The first-order chi connectivity index (χ1) is 16.0. The van der Waals surface area contributed by atoms with Gasteiger partial charge in [-0.2, -0.15) is 5.01 Å². The van der Waals surface area contributed by atoms with Gasteiger partial charge >= 0.3 is 0 Å². The van der Waals surface area contributed by atoms with Crippen LogP contribution < -0.4 is 0 Å². The number of fused-ring (bicyclic) bond motifs is 1. The molecule has 2 heterocycles. The molecule has 8 nitrogen and oxygen atoms in total. The molecule has 1 atom stereocenters. The topological polar surface area (TPSA) is 97.9 Å². The van der Waals surface area contributed by atoms with Crippen molar-refractivity contribution in [2.45, 2.75) is 13.2 Å². The zero-order valence-corrected chi connectivity index (χ0v) is 17.6. The van der Waals surface area contributed by atoms with E-state index in [9.17, 15) is 14.9 Å². The molecule has 0 N–H and O–H groups in total. The zero-order chi connectivity index (χ0) is 22.9. The van der Waals surface area contributed by atoms with E-state index in [1.54, 1.807) is 18.2 Å². The van der Waals surface area contributed by atoms with Crippen LogP contribution in [0.15, 0.2) is 90.0 Å². The second-order valence-electron chi connectivity index (χ2n) is 7.49. The summed E-state index contributed by atoms with van der Waals surface area (Å²) in [6, 6.07) is 25.3. The van der Waals surface area contributed by atoms with Gasteiger partial charge in [0.15, 0.2) is 0 Å². The van der Waals surface area contributed by atoms with Crippen molar-refractivity contribution in [3.8, 4) is 11.3 Å². The number of nitro benzene ring substituents is 1. The Balaban J connectivity index is 1.66. The molecule has 0 bridgehead atoms. The Labute approximate surface area is 188 Å². The molecule has 3 aromatic carbocycles. The van der Waals surface area contributed by atoms with Crippen molar-refractivity contribution in [2.24, 2.45) is 5.10 Å². The van der Waals surface area contributed by atoms with Gasteiger partial charge in [-0.25, -0.2) is 4.98 Å². The number of ether oxygens (including phenoxy) is 1. The van der Waals surface area contributed by atoms with E-state index in [0.29, 0.717) is 5.56 Å². The number of aromatic nitrogens is 1. The Bertz CT molecular complexity index is 1420. The predicted octanol–water partition coefficient (Wildman–Crippen LogP) is 5.05. The average molecular weight is 438 g/mol. The summed E-state index contributed by atoms with van der Waals surface area (Å²) in [5.41, 5.74) is 3.11. The molecule has 1 aliphatic heterocycles. The normalized spacial score (nSPS) is 15.2. The number of carbonyl (C=O) groups is 1. The summed E-state index contributed by atoms with van der Waals surface area (Å²) in [5, 5.41) is 17.9. The molecule has 1 amide bonds. The Kier molecular flexibility index (Phi) is 5.02. The van der Waals surface area contributed by atoms with Crippen LogP contribution >= 0.6 is 0 Å². The van der Waals surface area contributed by atoms with Crippen molar-refractivity contribution in [2.75, 3.05) is 0 Å². The average Bonchev–Trinajstić information content (AvgIpc) is 3.29. The molecule has 1 aliphatic rings. The molecule has 0 saturated carbocycles. The number of benzene rings is 3. The maximum atomic E-state index is 12.5. The molecule has 0 fully saturated rings. The van der Waals surface area contributed by atoms with Gasteiger partial charge in [0, 0.05) is 29.5 Å². The number of amides is 1. The van der Waals surface area contributed by atoms with E-state index in [1.807, 2.05) is 60.7 Å². The fraction of sp³-hybridized carbons (Fsp3) is 0.0800. The van der Waals surface area contributed by atoms with Gasteiger partial charge < -0.3 is 4.74 Å². The first-order valence-corrected chi connectivity index (χ1v) is 10.3. The number of pyridine rings is 1. The summed E-state index contributed by atoms with van der Waals surface area (Å²) < 4.78 is 6.12. The van der Waals surface area contributed by atoms with E-state index in [-0.39, 0.29) is 23.1 Å². The fourth-order valence-electron chi connectivity index (χ4n) is 3.85. The van der Waals surface area contributed by atoms with E-state index in [1.165, 1.54) is 18.0 Å². The summed E-state index contributed by atoms with van der Waals surface area (Å²) in [4.78, 5) is 28.3. The van der Waals surface area contributed by atoms with Crippen LogP contribution in [0, 0.1) is 10.1 Å². The van der Waals surface area contributed by atoms with Crippen LogP contribution in [0.5, 0.6) is 0 Å². The third kappa shape index (κ3) is 3.67. The van der Waals surface area contributed by atoms with E-state index in [0.717, 1.165) is 22.2 Å². The second-order valence-corrected chi connectivity index (χ2v) is 7.49. The Morgan fingerprint density at radius 3 is 2.45 bits per heavy atom. The summed E-state index contributed by atoms with van der Waals surface area (Å²) in [7, 11) is 0. The fourth-order valence-corrected chi connectivity index (χ4v) is 3.85. The highest BCUT2D eigenvalue weighted by Crippen LogP contribution is 2.37. The number of para-hydroxylation sites is 2. The summed E-state index contributed by atoms with van der Waals surface area (Å²) in [6.07, 6.45) is -0.896. The van der Waals surface area contributed by atoms with Crippen LogP contribution in [-0.4, -0.2) is 26.7 Å². The highest BCUT2D eigenvalue weighted by atomic mass is 16.6. The van der Waals surface area contributed by atoms with Crippen LogP contribution in [-0.2, 0) is 9.53 Å². The Morgan fingerprint density at radius 1 is 1.00 bits per heavy atom. The molecule has 0 radical (unpaired) electrons. The van der Waals surface area contributed by atoms with Gasteiger partial charge in [-0.3, -0.25) is 14.9 Å². The van der Waals surface area contributed by atoms with Crippen molar-refractivity contribution in [3.05, 3.63) is 106 Å². The highest BCUT2D eigenvalue weighted by Gasteiger charge is 2.36. The van der Waals surface area contributed by atoms with E-state index >= 15 is 0 Å². The molecule has 0 spiro atoms. The molecule has 0 saturated heterocycles. The Morgan fingerprint density at radius 2 is 1.70 bits per heavy atom. The number of hydrogen-bond acceptors (Lipinski definition) is 6. The smallest absolute Gasteiger partial charge is 0.282 e. The maximum absolute atomic E-state index is 12.5. The lowest BCUT2D eigenvalue weighted by Gasteiger charge is -2.21. The van der Waals surface area contributed by atoms with Gasteiger partial charge in [0.1, 0.15) is 5.56 Å². The molecule has 5 rings (SSSR count). The third-order valence-electron chi connectivity index (χ3n) is 5.38. The maximum Gasteiger partial charge on any atom is 0.282 e. The van der Waals surface area contributed by atoms with Gasteiger partial charge in [0.25, 0.3) is 5.69 Å². The van der Waals surface area contributed by atoms with Crippen LogP contribution in [0.4, 0.5) is 5.69 Å². The largest absolute Gasteiger partial charge is 0.445 e. The first kappa shape index (κ1) is 20.3. The lowest BCUT2D eigenvalue weighted by molar-refractivity contribution is -0.385. The van der Waals surface area contributed by atoms with E-state index in [2.05, 4.69) is 5.10 Å². The van der Waals surface area contributed by atoms with Crippen LogP contribution in [0.25, 0.3) is 22.2 Å². The van der Waals surface area contributed by atoms with E-state index < -0.39 is 11.2 Å². The van der Waals surface area contributed by atoms with Crippen molar-refractivity contribution in [1.29, 1.82) is 0 Å². The van der Waals surface area contributed by atoms with Gasteiger partial charge in [-0.1, -0.05) is 60.7 Å². The molecule has 4 aromatic rings. The Hall–Kier alpha value is -4.59. The van der Waals surface area contributed by atoms with Crippen LogP contribution in [0.1, 0.15) is 24.3 Å². The van der Waals surface area contributed by atoms with Gasteiger partial charge in [-0.05, 0) is 18.2 Å². The number of carbonyl (C=O) groups excluding carboxylic acids is 1. The number of hydrazone groups is 1. The number of rotatable bonds is 4. The highest BCUT2D eigenvalue weighted by molar-refractivity contribution is 6.00. The second kappa shape index (κ2) is 8.16. The van der Waals surface area contributed by atoms with Crippen LogP contribution in [0.3, 0.4) is 0 Å². The molecule has 1 aromatic heterocycles. The lowest BCUT2D eigenvalue weighted by Crippen LogP contribution is -2.25. The minimum atomic E-state index is -0.896. The molecular formula is C25H18N4O4. The molecule has 162 valence electrons. The summed E-state index contributed by atoms with van der Waals surface area (Å²) in [5.74, 6) is -0.333. The zero-order valence-electron chi connectivity index (χ0n) is 17.6. The van der Waals surface area contributed by atoms with Crippen molar-refractivity contribution < 1.29 is 14.5 Å². The van der Waals surface area contributed by atoms with E-state index in [4.69, 9.17) is 9.72 Å². The summed E-state index contributed by atoms with van der Waals surface area (Å²) in [6.45, 7) is 1.38. The molecule has 33 heavy (non-hydrogen) atoms. The molecular weight excluding hydrogens is 420 g/mol. The van der Waals surface area contributed by atoms with Crippen LogP contribution in [0.2, 0.25) is 0 Å². The first-order valence-electron chi connectivity index (χ1n) is 10.3. The predicted molar refractivity (Wildman–Crippen MR) is 123 cm³/mol. The van der Waals surface area contributed by atoms with Crippen molar-refractivity contribution in [3.63, 3.8) is 0 Å². The molecule has 0 aliphatic carbocycles. The van der Waals surface area contributed by atoms with Gasteiger partial charge in [-0.15, -0.1) is 5.10 Å². The van der Waals surface area contributed by atoms with Crippen molar-refractivity contribution >= 4 is 28.4 Å². The number of nitro groups is 1. The SMILES string of the molecule is CC(=O)N1N=C(c2ccccc2[N+](=O)[O-])O[C@@H]1c1cc(-c2ccccc2)nc2ccccc12. The number of hydrogen-bond donors (Lipinski definition) is 0.